The van der Waals surface area contributed by atoms with E-state index in [1.54, 1.807) is 0 Å². The standard InChI is InChI=1S/C17H26N4O/c1-5-9-21(17(22)6-2)15-7-10-20(11-8-15)16-12-13(3)18-14(4)19-16/h6,12,15H,2,5,7-11H2,1,3-4H3. The summed E-state index contributed by atoms with van der Waals surface area (Å²) < 4.78 is 0. The quantitative estimate of drug-likeness (QED) is 0.784. The Kier molecular flexibility index (Phi) is 5.52. The highest BCUT2D eigenvalue weighted by atomic mass is 16.2. The lowest BCUT2D eigenvalue weighted by atomic mass is 10.0. The molecule has 1 fully saturated rings. The van der Waals surface area contributed by atoms with Gasteiger partial charge in [-0.2, -0.15) is 0 Å². The molecule has 0 atom stereocenters. The predicted octanol–water partition coefficient (Wildman–Crippen LogP) is 2.49. The van der Waals surface area contributed by atoms with Crippen LogP contribution in [0.15, 0.2) is 18.7 Å². The van der Waals surface area contributed by atoms with Crippen LogP contribution in [0, 0.1) is 13.8 Å². The molecule has 2 rings (SSSR count). The van der Waals surface area contributed by atoms with Crippen molar-refractivity contribution in [3.63, 3.8) is 0 Å². The van der Waals surface area contributed by atoms with Crippen LogP contribution in [-0.4, -0.2) is 46.5 Å². The molecule has 0 bridgehead atoms. The van der Waals surface area contributed by atoms with Gasteiger partial charge in [0.2, 0.25) is 5.91 Å². The first-order chi connectivity index (χ1) is 10.5. The van der Waals surface area contributed by atoms with E-state index < -0.39 is 0 Å². The molecule has 1 aliphatic heterocycles. The Morgan fingerprint density at radius 2 is 2.09 bits per heavy atom. The number of aryl methyl sites for hydroxylation is 2. The second kappa shape index (κ2) is 7.38. The average molecular weight is 302 g/mol. The van der Waals surface area contributed by atoms with E-state index in [1.807, 2.05) is 24.8 Å². The smallest absolute Gasteiger partial charge is 0.246 e. The van der Waals surface area contributed by atoms with Gasteiger partial charge >= 0.3 is 0 Å². The van der Waals surface area contributed by atoms with Crippen molar-refractivity contribution in [2.45, 2.75) is 46.1 Å². The molecule has 2 heterocycles. The van der Waals surface area contributed by atoms with Gasteiger partial charge in [0, 0.05) is 37.4 Å². The predicted molar refractivity (Wildman–Crippen MR) is 88.9 cm³/mol. The molecule has 1 saturated heterocycles. The van der Waals surface area contributed by atoms with E-state index in [0.717, 1.165) is 56.2 Å². The second-order valence-electron chi connectivity index (χ2n) is 5.87. The van der Waals surface area contributed by atoms with Gasteiger partial charge in [-0.15, -0.1) is 0 Å². The Labute approximate surface area is 133 Å². The van der Waals surface area contributed by atoms with Crippen molar-refractivity contribution in [1.82, 2.24) is 14.9 Å². The van der Waals surface area contributed by atoms with Crippen LogP contribution in [0.4, 0.5) is 5.82 Å². The summed E-state index contributed by atoms with van der Waals surface area (Å²) in [7, 11) is 0. The molecule has 120 valence electrons. The van der Waals surface area contributed by atoms with Crippen LogP contribution < -0.4 is 4.90 Å². The molecule has 0 spiro atoms. The minimum absolute atomic E-state index is 0.0500. The first-order valence-electron chi connectivity index (χ1n) is 8.05. The SMILES string of the molecule is C=CC(=O)N(CCC)C1CCN(c2cc(C)nc(C)n2)CC1. The van der Waals surface area contributed by atoms with Crippen molar-refractivity contribution >= 4 is 11.7 Å². The summed E-state index contributed by atoms with van der Waals surface area (Å²) in [6, 6.07) is 2.34. The monoisotopic (exact) mass is 302 g/mol. The Hall–Kier alpha value is -1.91. The molecule has 1 amide bonds. The number of carbonyl (C=O) groups is 1. The van der Waals surface area contributed by atoms with E-state index in [4.69, 9.17) is 0 Å². The molecule has 0 aromatic carbocycles. The Morgan fingerprint density at radius 3 is 2.64 bits per heavy atom. The van der Waals surface area contributed by atoms with Gasteiger partial charge in [0.25, 0.3) is 0 Å². The Bertz CT molecular complexity index is 515. The minimum atomic E-state index is 0.0500. The maximum Gasteiger partial charge on any atom is 0.246 e. The van der Waals surface area contributed by atoms with E-state index in [1.165, 1.54) is 6.08 Å². The van der Waals surface area contributed by atoms with Crippen LogP contribution >= 0.6 is 0 Å². The van der Waals surface area contributed by atoms with Crippen molar-refractivity contribution < 1.29 is 4.79 Å². The molecule has 0 aliphatic carbocycles. The Morgan fingerprint density at radius 1 is 1.41 bits per heavy atom. The maximum absolute atomic E-state index is 12.0. The fourth-order valence-corrected chi connectivity index (χ4v) is 3.10. The number of amides is 1. The minimum Gasteiger partial charge on any atom is -0.356 e. The van der Waals surface area contributed by atoms with Gasteiger partial charge in [-0.05, 0) is 39.2 Å². The van der Waals surface area contributed by atoms with Gasteiger partial charge in [-0.1, -0.05) is 13.5 Å². The lowest BCUT2D eigenvalue weighted by molar-refractivity contribution is -0.128. The summed E-state index contributed by atoms with van der Waals surface area (Å²) in [6.45, 7) is 12.3. The van der Waals surface area contributed by atoms with Gasteiger partial charge in [-0.25, -0.2) is 9.97 Å². The van der Waals surface area contributed by atoms with E-state index in [0.29, 0.717) is 6.04 Å². The summed E-state index contributed by atoms with van der Waals surface area (Å²) in [4.78, 5) is 25.1. The molecule has 0 saturated carbocycles. The van der Waals surface area contributed by atoms with E-state index in [-0.39, 0.29) is 5.91 Å². The van der Waals surface area contributed by atoms with Crippen LogP contribution in [0.1, 0.15) is 37.7 Å². The third-order valence-corrected chi connectivity index (χ3v) is 4.10. The first-order valence-corrected chi connectivity index (χ1v) is 8.05. The number of nitrogens with zero attached hydrogens (tertiary/aromatic N) is 4. The molecule has 1 aromatic rings. The zero-order chi connectivity index (χ0) is 16.1. The van der Waals surface area contributed by atoms with Crippen LogP contribution in [-0.2, 0) is 4.79 Å². The van der Waals surface area contributed by atoms with Crippen molar-refractivity contribution in [2.24, 2.45) is 0 Å². The van der Waals surface area contributed by atoms with Crippen LogP contribution in [0.3, 0.4) is 0 Å². The van der Waals surface area contributed by atoms with Crippen molar-refractivity contribution in [1.29, 1.82) is 0 Å². The average Bonchev–Trinajstić information content (AvgIpc) is 2.51. The molecule has 0 N–H and O–H groups in total. The first kappa shape index (κ1) is 16.5. The molecule has 22 heavy (non-hydrogen) atoms. The number of piperidine rings is 1. The highest BCUT2D eigenvalue weighted by Crippen LogP contribution is 2.22. The lowest BCUT2D eigenvalue weighted by Crippen LogP contribution is -2.47. The molecule has 1 aliphatic rings. The van der Waals surface area contributed by atoms with Crippen molar-refractivity contribution in [2.75, 3.05) is 24.5 Å². The van der Waals surface area contributed by atoms with Gasteiger partial charge < -0.3 is 9.80 Å². The topological polar surface area (TPSA) is 49.3 Å². The van der Waals surface area contributed by atoms with E-state index in [2.05, 4.69) is 28.4 Å². The van der Waals surface area contributed by atoms with Gasteiger partial charge in [0.15, 0.2) is 0 Å². The van der Waals surface area contributed by atoms with Gasteiger partial charge in [0.05, 0.1) is 0 Å². The third kappa shape index (κ3) is 3.84. The molecule has 0 radical (unpaired) electrons. The highest BCUT2D eigenvalue weighted by molar-refractivity contribution is 5.87. The Balaban J connectivity index is 2.02. The molecule has 5 nitrogen and oxygen atoms in total. The molecular weight excluding hydrogens is 276 g/mol. The number of hydrogen-bond acceptors (Lipinski definition) is 4. The molecule has 0 unspecified atom stereocenters. The summed E-state index contributed by atoms with van der Waals surface area (Å²) in [5.41, 5.74) is 0.999. The third-order valence-electron chi connectivity index (χ3n) is 4.10. The number of rotatable bonds is 5. The number of aromatic nitrogens is 2. The zero-order valence-corrected chi connectivity index (χ0v) is 13.9. The van der Waals surface area contributed by atoms with Gasteiger partial charge in [-0.3, -0.25) is 4.79 Å². The normalized spacial score (nSPS) is 15.7. The maximum atomic E-state index is 12.0. The number of carbonyl (C=O) groups excluding carboxylic acids is 1. The largest absolute Gasteiger partial charge is 0.356 e. The summed E-state index contributed by atoms with van der Waals surface area (Å²) in [5.74, 6) is 1.86. The molecule has 1 aromatic heterocycles. The molecular formula is C17H26N4O. The summed E-state index contributed by atoms with van der Waals surface area (Å²) in [5, 5.41) is 0. The van der Waals surface area contributed by atoms with Crippen molar-refractivity contribution in [3.05, 3.63) is 30.2 Å². The fraction of sp³-hybridized carbons (Fsp3) is 0.588. The highest BCUT2D eigenvalue weighted by Gasteiger charge is 2.26. The van der Waals surface area contributed by atoms with Crippen LogP contribution in [0.2, 0.25) is 0 Å². The molecule has 5 heteroatoms. The second-order valence-corrected chi connectivity index (χ2v) is 5.87. The fourth-order valence-electron chi connectivity index (χ4n) is 3.10. The summed E-state index contributed by atoms with van der Waals surface area (Å²) in [6.07, 6.45) is 4.35. The summed E-state index contributed by atoms with van der Waals surface area (Å²) >= 11 is 0. The number of hydrogen-bond donors (Lipinski definition) is 0. The van der Waals surface area contributed by atoms with Gasteiger partial charge in [0.1, 0.15) is 11.6 Å². The van der Waals surface area contributed by atoms with Crippen molar-refractivity contribution in [3.8, 4) is 0 Å². The van der Waals surface area contributed by atoms with E-state index >= 15 is 0 Å². The number of anilines is 1. The van der Waals surface area contributed by atoms with Crippen LogP contribution in [0.5, 0.6) is 0 Å². The van der Waals surface area contributed by atoms with E-state index in [9.17, 15) is 4.79 Å². The zero-order valence-electron chi connectivity index (χ0n) is 13.9. The lowest BCUT2D eigenvalue weighted by Gasteiger charge is -2.38. The van der Waals surface area contributed by atoms with Crippen LogP contribution in [0.25, 0.3) is 0 Å².